The van der Waals surface area contributed by atoms with Gasteiger partial charge in [-0.05, 0) is 45.1 Å². The summed E-state index contributed by atoms with van der Waals surface area (Å²) in [6.45, 7) is 2.53. The fourth-order valence-corrected chi connectivity index (χ4v) is 4.06. The third kappa shape index (κ3) is 3.44. The van der Waals surface area contributed by atoms with E-state index in [2.05, 4.69) is 15.6 Å². The van der Waals surface area contributed by atoms with Gasteiger partial charge in [0.2, 0.25) is 5.96 Å². The summed E-state index contributed by atoms with van der Waals surface area (Å²) in [5.41, 5.74) is 2.78. The molecule has 2 aliphatic heterocycles. The van der Waals surface area contributed by atoms with Gasteiger partial charge in [0.05, 0.1) is 6.04 Å². The van der Waals surface area contributed by atoms with E-state index >= 15 is 0 Å². The Hall–Kier alpha value is -0.810. The average molecular weight is 279 g/mol. The third-order valence-electron chi connectivity index (χ3n) is 5.18. The molecule has 2 saturated heterocycles. The maximum absolute atomic E-state index is 5.66. The molecule has 4 N–H and O–H groups in total. The molecule has 114 valence electrons. The highest BCUT2D eigenvalue weighted by atomic mass is 15.3. The Labute approximate surface area is 122 Å². The molecule has 0 radical (unpaired) electrons. The number of piperidine rings is 1. The molecular formula is C15H29N5. The second kappa shape index (κ2) is 6.76. The van der Waals surface area contributed by atoms with Gasteiger partial charge in [-0.1, -0.05) is 19.3 Å². The molecule has 0 aromatic heterocycles. The van der Waals surface area contributed by atoms with Crippen molar-refractivity contribution in [2.75, 3.05) is 13.1 Å². The van der Waals surface area contributed by atoms with Crippen LogP contribution in [0, 0.1) is 0 Å². The maximum Gasteiger partial charge on any atom is 0.206 e. The predicted molar refractivity (Wildman–Crippen MR) is 82.4 cm³/mol. The van der Waals surface area contributed by atoms with E-state index in [1.165, 1.54) is 70.9 Å². The van der Waals surface area contributed by atoms with Crippen molar-refractivity contribution in [1.29, 1.82) is 0 Å². The first kappa shape index (κ1) is 14.1. The topological polar surface area (TPSA) is 65.7 Å². The van der Waals surface area contributed by atoms with Crippen LogP contribution in [0.1, 0.15) is 57.8 Å². The molecule has 5 nitrogen and oxygen atoms in total. The molecule has 0 spiro atoms. The highest BCUT2D eigenvalue weighted by Gasteiger charge is 2.31. The number of guanidine groups is 1. The normalized spacial score (nSPS) is 33.0. The average Bonchev–Trinajstić information content (AvgIpc) is 2.95. The third-order valence-corrected chi connectivity index (χ3v) is 5.18. The lowest BCUT2D eigenvalue weighted by Gasteiger charge is -2.35. The number of hydrogen-bond donors (Lipinski definition) is 3. The van der Waals surface area contributed by atoms with Crippen LogP contribution in [0.25, 0.3) is 0 Å². The van der Waals surface area contributed by atoms with Crippen LogP contribution >= 0.6 is 0 Å². The van der Waals surface area contributed by atoms with E-state index in [0.717, 1.165) is 12.0 Å². The Bertz CT molecular complexity index is 337. The highest BCUT2D eigenvalue weighted by molar-refractivity contribution is 5.79. The van der Waals surface area contributed by atoms with Crippen LogP contribution in [-0.4, -0.2) is 42.1 Å². The molecule has 0 aromatic rings. The van der Waals surface area contributed by atoms with E-state index in [1.807, 2.05) is 0 Å². The summed E-state index contributed by atoms with van der Waals surface area (Å²) in [4.78, 5) is 7.43. The Morgan fingerprint density at radius 2 is 1.85 bits per heavy atom. The summed E-state index contributed by atoms with van der Waals surface area (Å²) in [5, 5.41) is 3.55. The molecule has 0 aromatic carbocycles. The van der Waals surface area contributed by atoms with Gasteiger partial charge >= 0.3 is 0 Å². The molecule has 1 saturated carbocycles. The minimum absolute atomic E-state index is 0.467. The summed E-state index contributed by atoms with van der Waals surface area (Å²) in [5.74, 6) is 6.47. The molecule has 2 unspecified atom stereocenters. The van der Waals surface area contributed by atoms with Gasteiger partial charge in [0.25, 0.3) is 0 Å². The van der Waals surface area contributed by atoms with Crippen LogP contribution < -0.4 is 16.6 Å². The van der Waals surface area contributed by atoms with Crippen molar-refractivity contribution in [3.8, 4) is 0 Å². The molecule has 20 heavy (non-hydrogen) atoms. The number of nitrogens with zero attached hydrogens (tertiary/aromatic N) is 2. The lowest BCUT2D eigenvalue weighted by Crippen LogP contribution is -2.52. The van der Waals surface area contributed by atoms with E-state index in [1.54, 1.807) is 0 Å². The van der Waals surface area contributed by atoms with E-state index < -0.39 is 0 Å². The van der Waals surface area contributed by atoms with E-state index in [4.69, 9.17) is 10.8 Å². The SMILES string of the molecule is NNC(=NC1CCCCC1)NC1CCN2CCCC2C1. The van der Waals surface area contributed by atoms with Crippen molar-refractivity contribution in [1.82, 2.24) is 15.6 Å². The Morgan fingerprint density at radius 3 is 2.65 bits per heavy atom. The number of aliphatic imine (C=N–C) groups is 1. The first-order chi connectivity index (χ1) is 9.85. The predicted octanol–water partition coefficient (Wildman–Crippen LogP) is 1.35. The fraction of sp³-hybridized carbons (Fsp3) is 0.933. The highest BCUT2D eigenvalue weighted by Crippen LogP contribution is 2.27. The zero-order chi connectivity index (χ0) is 13.8. The lowest BCUT2D eigenvalue weighted by atomic mass is 9.96. The van der Waals surface area contributed by atoms with Gasteiger partial charge < -0.3 is 10.2 Å². The van der Waals surface area contributed by atoms with Crippen LogP contribution in [-0.2, 0) is 0 Å². The second-order valence-corrected chi connectivity index (χ2v) is 6.61. The van der Waals surface area contributed by atoms with Gasteiger partial charge in [-0.2, -0.15) is 0 Å². The van der Waals surface area contributed by atoms with Crippen molar-refractivity contribution in [2.24, 2.45) is 10.8 Å². The molecule has 3 aliphatic rings. The standard InChI is InChI=1S/C15H29N5/c16-19-15(17-12-5-2-1-3-6-12)18-13-8-10-20-9-4-7-14(20)11-13/h12-14H,1-11,16H2,(H2,17,18,19). The summed E-state index contributed by atoms with van der Waals surface area (Å²) in [6.07, 6.45) is 11.6. The van der Waals surface area contributed by atoms with Crippen LogP contribution in [0.2, 0.25) is 0 Å². The molecule has 3 fully saturated rings. The zero-order valence-electron chi connectivity index (χ0n) is 12.5. The number of nitrogens with two attached hydrogens (primary N) is 1. The van der Waals surface area contributed by atoms with Gasteiger partial charge in [0, 0.05) is 18.6 Å². The Balaban J connectivity index is 1.53. The van der Waals surface area contributed by atoms with Crippen molar-refractivity contribution in [2.45, 2.75) is 75.9 Å². The van der Waals surface area contributed by atoms with Crippen molar-refractivity contribution >= 4 is 5.96 Å². The van der Waals surface area contributed by atoms with Crippen LogP contribution in [0.3, 0.4) is 0 Å². The van der Waals surface area contributed by atoms with Gasteiger partial charge in [-0.3, -0.25) is 5.43 Å². The van der Waals surface area contributed by atoms with Crippen LogP contribution in [0.5, 0.6) is 0 Å². The molecule has 3 rings (SSSR count). The number of nitrogens with one attached hydrogen (secondary N) is 2. The minimum Gasteiger partial charge on any atom is -0.352 e. The first-order valence-corrected chi connectivity index (χ1v) is 8.40. The van der Waals surface area contributed by atoms with E-state index in [9.17, 15) is 0 Å². The number of hydrazine groups is 1. The van der Waals surface area contributed by atoms with Crippen molar-refractivity contribution in [3.63, 3.8) is 0 Å². The van der Waals surface area contributed by atoms with Crippen molar-refractivity contribution in [3.05, 3.63) is 0 Å². The molecular weight excluding hydrogens is 250 g/mol. The maximum atomic E-state index is 5.66. The monoisotopic (exact) mass is 279 g/mol. The van der Waals surface area contributed by atoms with Gasteiger partial charge in [0.1, 0.15) is 0 Å². The van der Waals surface area contributed by atoms with Gasteiger partial charge in [-0.15, -0.1) is 0 Å². The summed E-state index contributed by atoms with van der Waals surface area (Å²) in [6, 6.07) is 1.79. The number of rotatable bonds is 2. The summed E-state index contributed by atoms with van der Waals surface area (Å²) >= 11 is 0. The van der Waals surface area contributed by atoms with E-state index in [-0.39, 0.29) is 0 Å². The smallest absolute Gasteiger partial charge is 0.206 e. The van der Waals surface area contributed by atoms with Gasteiger partial charge in [0.15, 0.2) is 0 Å². The Kier molecular flexibility index (Phi) is 4.78. The summed E-state index contributed by atoms with van der Waals surface area (Å²) < 4.78 is 0. The van der Waals surface area contributed by atoms with Crippen molar-refractivity contribution < 1.29 is 0 Å². The van der Waals surface area contributed by atoms with Crippen LogP contribution in [0.15, 0.2) is 4.99 Å². The number of fused-ring (bicyclic) bond motifs is 1. The zero-order valence-corrected chi connectivity index (χ0v) is 12.5. The lowest BCUT2D eigenvalue weighted by molar-refractivity contribution is 0.174. The van der Waals surface area contributed by atoms with E-state index in [0.29, 0.717) is 12.1 Å². The fourth-order valence-electron chi connectivity index (χ4n) is 4.06. The molecule has 2 atom stereocenters. The second-order valence-electron chi connectivity index (χ2n) is 6.61. The largest absolute Gasteiger partial charge is 0.352 e. The van der Waals surface area contributed by atoms with Crippen LogP contribution in [0.4, 0.5) is 0 Å². The Morgan fingerprint density at radius 1 is 1.00 bits per heavy atom. The molecule has 0 amide bonds. The number of hydrogen-bond acceptors (Lipinski definition) is 3. The quantitative estimate of drug-likeness (QED) is 0.309. The molecule has 1 aliphatic carbocycles. The van der Waals surface area contributed by atoms with Gasteiger partial charge in [-0.25, -0.2) is 10.8 Å². The molecule has 0 bridgehead atoms. The first-order valence-electron chi connectivity index (χ1n) is 8.40. The molecule has 2 heterocycles. The molecule has 5 heteroatoms. The summed E-state index contributed by atoms with van der Waals surface area (Å²) in [7, 11) is 0. The minimum atomic E-state index is 0.467.